The fourth-order valence-corrected chi connectivity index (χ4v) is 3.44. The van der Waals surface area contributed by atoms with Gasteiger partial charge in [0, 0.05) is 25.7 Å². The summed E-state index contributed by atoms with van der Waals surface area (Å²) in [6.07, 6.45) is 3.70. The van der Waals surface area contributed by atoms with E-state index >= 15 is 0 Å². The van der Waals surface area contributed by atoms with Crippen LogP contribution in [0, 0.1) is 0 Å². The van der Waals surface area contributed by atoms with Gasteiger partial charge in [0.1, 0.15) is 11.6 Å². The van der Waals surface area contributed by atoms with Crippen molar-refractivity contribution in [3.05, 3.63) is 41.6 Å². The zero-order chi connectivity index (χ0) is 17.8. The molecule has 1 N–H and O–H groups in total. The Balaban J connectivity index is 1.70. The molecule has 1 aromatic heterocycles. The lowest BCUT2D eigenvalue weighted by molar-refractivity contribution is 0.206. The monoisotopic (exact) mass is 342 g/mol. The molecule has 0 radical (unpaired) electrons. The molecule has 0 aliphatic carbocycles. The summed E-state index contributed by atoms with van der Waals surface area (Å²) in [5.41, 5.74) is 2.12. The highest BCUT2D eigenvalue weighted by molar-refractivity contribution is 5.89. The number of methoxy groups -OCH3 is 1. The molecule has 2 heterocycles. The highest BCUT2D eigenvalue weighted by atomic mass is 16.5. The Labute approximate surface area is 148 Å². The van der Waals surface area contributed by atoms with Gasteiger partial charge < -0.3 is 9.64 Å². The topological polar surface area (TPSA) is 59.4 Å². The molecule has 1 aromatic carbocycles. The van der Waals surface area contributed by atoms with Crippen LogP contribution >= 0.6 is 0 Å². The third kappa shape index (κ3) is 3.78. The normalized spacial score (nSPS) is 16.9. The lowest BCUT2D eigenvalue weighted by Crippen LogP contribution is -2.40. The molecule has 1 aliphatic rings. The van der Waals surface area contributed by atoms with E-state index in [-0.39, 0.29) is 12.1 Å². The maximum Gasteiger partial charge on any atom is 0.323 e. The maximum atomic E-state index is 12.8. The van der Waals surface area contributed by atoms with E-state index in [4.69, 9.17) is 4.74 Å². The zero-order valence-corrected chi connectivity index (χ0v) is 15.2. The second-order valence-corrected chi connectivity index (χ2v) is 6.43. The summed E-state index contributed by atoms with van der Waals surface area (Å²) in [5.74, 6) is 1.62. The largest absolute Gasteiger partial charge is 0.496 e. The van der Waals surface area contributed by atoms with Crippen LogP contribution in [-0.2, 0) is 19.9 Å². The Morgan fingerprint density at radius 3 is 2.92 bits per heavy atom. The van der Waals surface area contributed by atoms with Crippen LogP contribution in [0.1, 0.15) is 31.0 Å². The van der Waals surface area contributed by atoms with Gasteiger partial charge >= 0.3 is 6.03 Å². The number of anilines is 1. The Bertz CT molecular complexity index is 741. The number of aryl methyl sites for hydroxylation is 2. The summed E-state index contributed by atoms with van der Waals surface area (Å²) >= 11 is 0. The number of nitrogens with one attached hydrogen (secondary N) is 1. The van der Waals surface area contributed by atoms with Crippen molar-refractivity contribution >= 4 is 11.8 Å². The van der Waals surface area contributed by atoms with E-state index in [1.54, 1.807) is 11.8 Å². The Hall–Kier alpha value is -2.50. The second-order valence-electron chi connectivity index (χ2n) is 6.43. The van der Waals surface area contributed by atoms with Crippen molar-refractivity contribution in [2.24, 2.45) is 7.05 Å². The van der Waals surface area contributed by atoms with E-state index in [1.807, 2.05) is 36.2 Å². The molecule has 2 aromatic rings. The van der Waals surface area contributed by atoms with E-state index < -0.39 is 0 Å². The highest BCUT2D eigenvalue weighted by Gasteiger charge is 2.30. The molecule has 1 saturated heterocycles. The van der Waals surface area contributed by atoms with Crippen LogP contribution in [0.2, 0.25) is 0 Å². The van der Waals surface area contributed by atoms with E-state index in [0.29, 0.717) is 0 Å². The molecule has 0 saturated carbocycles. The summed E-state index contributed by atoms with van der Waals surface area (Å²) in [7, 11) is 3.54. The van der Waals surface area contributed by atoms with Crippen LogP contribution in [0.4, 0.5) is 10.6 Å². The number of hydrogen-bond acceptors (Lipinski definition) is 3. The lowest BCUT2D eigenvalue weighted by Gasteiger charge is -2.25. The fourth-order valence-electron chi connectivity index (χ4n) is 3.44. The number of para-hydroxylation sites is 1. The summed E-state index contributed by atoms with van der Waals surface area (Å²) < 4.78 is 7.17. The molecule has 0 bridgehead atoms. The summed E-state index contributed by atoms with van der Waals surface area (Å²) in [5, 5.41) is 7.39. The van der Waals surface area contributed by atoms with Gasteiger partial charge in [0.25, 0.3) is 0 Å². The molecule has 3 rings (SSSR count). The van der Waals surface area contributed by atoms with Crippen LogP contribution in [0.3, 0.4) is 0 Å². The average molecular weight is 342 g/mol. The van der Waals surface area contributed by atoms with Gasteiger partial charge in [0.15, 0.2) is 0 Å². The Morgan fingerprint density at radius 1 is 1.40 bits per heavy atom. The van der Waals surface area contributed by atoms with Crippen LogP contribution in [0.25, 0.3) is 0 Å². The second kappa shape index (κ2) is 7.59. The first-order valence-corrected chi connectivity index (χ1v) is 8.84. The first-order valence-electron chi connectivity index (χ1n) is 8.84. The van der Waals surface area contributed by atoms with Crippen molar-refractivity contribution in [2.75, 3.05) is 19.0 Å². The van der Waals surface area contributed by atoms with Crippen molar-refractivity contribution in [1.29, 1.82) is 0 Å². The predicted molar refractivity (Wildman–Crippen MR) is 98.0 cm³/mol. The van der Waals surface area contributed by atoms with E-state index in [9.17, 15) is 4.79 Å². The van der Waals surface area contributed by atoms with E-state index in [1.165, 1.54) is 0 Å². The molecule has 6 nitrogen and oxygen atoms in total. The number of nitrogens with zero attached hydrogens (tertiary/aromatic N) is 3. The number of rotatable bonds is 5. The fraction of sp³-hybridized carbons (Fsp3) is 0.474. The first-order chi connectivity index (χ1) is 12.1. The molecular formula is C19H26N4O2. The lowest BCUT2D eigenvalue weighted by atomic mass is 10.0. The SMILES string of the molecule is CCc1cc(NC(=O)N2CCCC2Cc2ccccc2OC)n(C)n1. The highest BCUT2D eigenvalue weighted by Crippen LogP contribution is 2.26. The van der Waals surface area contributed by atoms with Crippen molar-refractivity contribution < 1.29 is 9.53 Å². The molecule has 1 unspecified atom stereocenters. The molecule has 6 heteroatoms. The molecule has 134 valence electrons. The minimum absolute atomic E-state index is 0.0527. The van der Waals surface area contributed by atoms with Crippen LogP contribution in [-0.4, -0.2) is 40.4 Å². The molecule has 1 atom stereocenters. The standard InChI is InChI=1S/C19H26N4O2/c1-4-15-13-18(22(2)21-15)20-19(24)23-11-7-9-16(23)12-14-8-5-6-10-17(14)25-3/h5-6,8,10,13,16H,4,7,9,11-12H2,1-3H3,(H,20,24). The number of hydrogen-bond donors (Lipinski definition) is 1. The number of likely N-dealkylation sites (tertiary alicyclic amines) is 1. The van der Waals surface area contributed by atoms with E-state index in [2.05, 4.69) is 23.4 Å². The van der Waals surface area contributed by atoms with Crippen molar-refractivity contribution in [2.45, 2.75) is 38.6 Å². The summed E-state index contributed by atoms with van der Waals surface area (Å²) in [6, 6.07) is 10.1. The summed E-state index contributed by atoms with van der Waals surface area (Å²) in [6.45, 7) is 2.84. The quantitative estimate of drug-likeness (QED) is 0.907. The van der Waals surface area contributed by atoms with Crippen molar-refractivity contribution in [1.82, 2.24) is 14.7 Å². The van der Waals surface area contributed by atoms with Gasteiger partial charge in [-0.15, -0.1) is 0 Å². The van der Waals surface area contributed by atoms with Gasteiger partial charge in [-0.25, -0.2) is 4.79 Å². The van der Waals surface area contributed by atoms with E-state index in [0.717, 1.165) is 55.1 Å². The maximum absolute atomic E-state index is 12.8. The van der Waals surface area contributed by atoms with Crippen LogP contribution in [0.15, 0.2) is 30.3 Å². The number of carbonyl (C=O) groups is 1. The minimum atomic E-state index is -0.0527. The number of benzene rings is 1. The van der Waals surface area contributed by atoms with Gasteiger partial charge in [-0.1, -0.05) is 25.1 Å². The van der Waals surface area contributed by atoms with Crippen LogP contribution < -0.4 is 10.1 Å². The first kappa shape index (κ1) is 17.3. The molecular weight excluding hydrogens is 316 g/mol. The van der Waals surface area contributed by atoms with Gasteiger partial charge in [-0.05, 0) is 37.3 Å². The minimum Gasteiger partial charge on any atom is -0.496 e. The van der Waals surface area contributed by atoms with Crippen molar-refractivity contribution in [3.8, 4) is 5.75 Å². The average Bonchev–Trinajstić information content (AvgIpc) is 3.22. The predicted octanol–water partition coefficient (Wildman–Crippen LogP) is 3.23. The van der Waals surface area contributed by atoms with Gasteiger partial charge in [0.05, 0.1) is 12.8 Å². The third-order valence-electron chi connectivity index (χ3n) is 4.81. The van der Waals surface area contributed by atoms with Crippen LogP contribution in [0.5, 0.6) is 5.75 Å². The number of amides is 2. The van der Waals surface area contributed by atoms with Gasteiger partial charge in [-0.3, -0.25) is 10.00 Å². The number of urea groups is 1. The Morgan fingerprint density at radius 2 is 2.20 bits per heavy atom. The molecule has 1 aliphatic heterocycles. The molecule has 25 heavy (non-hydrogen) atoms. The molecule has 0 spiro atoms. The van der Waals surface area contributed by atoms with Gasteiger partial charge in [0.2, 0.25) is 0 Å². The number of carbonyl (C=O) groups excluding carboxylic acids is 1. The molecule has 2 amide bonds. The molecule has 1 fully saturated rings. The third-order valence-corrected chi connectivity index (χ3v) is 4.81. The zero-order valence-electron chi connectivity index (χ0n) is 15.2. The smallest absolute Gasteiger partial charge is 0.323 e. The van der Waals surface area contributed by atoms with Gasteiger partial charge in [-0.2, -0.15) is 5.10 Å². The Kier molecular flexibility index (Phi) is 5.26. The van der Waals surface area contributed by atoms with Crippen molar-refractivity contribution in [3.63, 3.8) is 0 Å². The number of aromatic nitrogens is 2. The summed E-state index contributed by atoms with van der Waals surface area (Å²) in [4.78, 5) is 14.7. The number of ether oxygens (including phenoxy) is 1.